The van der Waals surface area contributed by atoms with E-state index in [4.69, 9.17) is 24.0 Å². The van der Waals surface area contributed by atoms with Crippen LogP contribution in [0.4, 0.5) is 0 Å². The number of esters is 1. The summed E-state index contributed by atoms with van der Waals surface area (Å²) in [6, 6.07) is 0. The molecule has 0 aromatic heterocycles. The van der Waals surface area contributed by atoms with Crippen molar-refractivity contribution in [3.05, 3.63) is 0 Å². The Morgan fingerprint density at radius 1 is 1.22 bits per heavy atom. The highest BCUT2D eigenvalue weighted by Crippen LogP contribution is 2.57. The molecule has 0 aromatic rings. The fourth-order valence-corrected chi connectivity index (χ4v) is 4.85. The SMILES string of the molecule is COC(=O)[C@H](C)[C@@H]1CC[C@@H](C)[C@@H]2CC[C@@]3(C)OO[C@]21[C@@H](OC)O3. The summed E-state index contributed by atoms with van der Waals surface area (Å²) in [6.07, 6.45) is 3.05. The van der Waals surface area contributed by atoms with Crippen LogP contribution in [0.15, 0.2) is 0 Å². The summed E-state index contributed by atoms with van der Waals surface area (Å²) >= 11 is 0. The fourth-order valence-electron chi connectivity index (χ4n) is 4.85. The lowest BCUT2D eigenvalue weighted by molar-refractivity contribution is -0.557. The standard InChI is InChI=1S/C17H28O6/c1-10-6-7-13(11(2)14(18)19-4)17-12(10)8-9-16(3,22-23-17)21-15(17)20-5/h10-13,15H,6-9H2,1-5H3/t10-,11-,12+,13+,15+,16-,17-/m1/s1. The van der Waals surface area contributed by atoms with Gasteiger partial charge in [-0.2, -0.15) is 0 Å². The molecule has 1 saturated carbocycles. The number of rotatable bonds is 3. The number of ether oxygens (including phenoxy) is 3. The molecule has 23 heavy (non-hydrogen) atoms. The van der Waals surface area contributed by atoms with Gasteiger partial charge < -0.3 is 14.2 Å². The lowest BCUT2D eigenvalue weighted by atomic mass is 9.59. The second-order valence-electron chi connectivity index (χ2n) is 7.46. The summed E-state index contributed by atoms with van der Waals surface area (Å²) in [5.74, 6) is -0.703. The first-order valence-electron chi connectivity index (χ1n) is 8.53. The smallest absolute Gasteiger partial charge is 0.308 e. The van der Waals surface area contributed by atoms with Crippen LogP contribution in [-0.2, 0) is 28.8 Å². The first-order chi connectivity index (χ1) is 10.9. The quantitative estimate of drug-likeness (QED) is 0.586. The predicted molar refractivity (Wildman–Crippen MR) is 81.0 cm³/mol. The van der Waals surface area contributed by atoms with E-state index >= 15 is 0 Å². The summed E-state index contributed by atoms with van der Waals surface area (Å²) in [4.78, 5) is 23.9. The largest absolute Gasteiger partial charge is 0.469 e. The molecule has 4 fully saturated rings. The van der Waals surface area contributed by atoms with Crippen molar-refractivity contribution in [2.24, 2.45) is 23.7 Å². The van der Waals surface area contributed by atoms with Gasteiger partial charge in [-0.15, -0.1) is 0 Å². The molecule has 0 unspecified atom stereocenters. The van der Waals surface area contributed by atoms with Gasteiger partial charge in [0.15, 0.2) is 11.9 Å². The third kappa shape index (κ3) is 2.51. The van der Waals surface area contributed by atoms with E-state index in [1.54, 1.807) is 7.11 Å². The van der Waals surface area contributed by atoms with Gasteiger partial charge in [0.1, 0.15) is 0 Å². The third-order valence-electron chi connectivity index (χ3n) is 6.17. The molecule has 3 aliphatic heterocycles. The highest BCUT2D eigenvalue weighted by molar-refractivity contribution is 5.72. The van der Waals surface area contributed by atoms with Crippen molar-refractivity contribution < 1.29 is 28.8 Å². The number of fused-ring (bicyclic) bond motifs is 3. The van der Waals surface area contributed by atoms with Gasteiger partial charge in [0.2, 0.25) is 5.79 Å². The van der Waals surface area contributed by atoms with Crippen molar-refractivity contribution in [1.29, 1.82) is 0 Å². The Bertz CT molecular complexity index is 468. The van der Waals surface area contributed by atoms with Crippen LogP contribution < -0.4 is 0 Å². The third-order valence-corrected chi connectivity index (χ3v) is 6.17. The van der Waals surface area contributed by atoms with Crippen LogP contribution in [0.3, 0.4) is 0 Å². The number of methoxy groups -OCH3 is 2. The van der Waals surface area contributed by atoms with Crippen LogP contribution in [0.25, 0.3) is 0 Å². The molecule has 2 bridgehead atoms. The molecule has 1 aliphatic carbocycles. The van der Waals surface area contributed by atoms with Crippen LogP contribution in [0.5, 0.6) is 0 Å². The highest BCUT2D eigenvalue weighted by atomic mass is 17.3. The van der Waals surface area contributed by atoms with Crippen LogP contribution >= 0.6 is 0 Å². The van der Waals surface area contributed by atoms with Gasteiger partial charge in [-0.1, -0.05) is 13.8 Å². The highest BCUT2D eigenvalue weighted by Gasteiger charge is 2.66. The minimum Gasteiger partial charge on any atom is -0.469 e. The minimum absolute atomic E-state index is 0.0660. The Morgan fingerprint density at radius 3 is 2.61 bits per heavy atom. The lowest BCUT2D eigenvalue weighted by Gasteiger charge is -2.55. The molecule has 4 rings (SSSR count). The van der Waals surface area contributed by atoms with Crippen LogP contribution in [-0.4, -0.2) is 37.9 Å². The number of hydrogen-bond donors (Lipinski definition) is 0. The Labute approximate surface area is 137 Å². The van der Waals surface area contributed by atoms with Gasteiger partial charge in [0, 0.05) is 19.4 Å². The zero-order valence-electron chi connectivity index (χ0n) is 14.7. The topological polar surface area (TPSA) is 63.2 Å². The molecule has 3 heterocycles. The first-order valence-corrected chi connectivity index (χ1v) is 8.53. The van der Waals surface area contributed by atoms with E-state index in [0.717, 1.165) is 25.7 Å². The zero-order chi connectivity index (χ0) is 16.8. The van der Waals surface area contributed by atoms with Crippen molar-refractivity contribution in [1.82, 2.24) is 0 Å². The van der Waals surface area contributed by atoms with Crippen molar-refractivity contribution in [3.63, 3.8) is 0 Å². The van der Waals surface area contributed by atoms with Gasteiger partial charge in [0.05, 0.1) is 13.0 Å². The van der Waals surface area contributed by atoms with Gasteiger partial charge in [0.25, 0.3) is 0 Å². The van der Waals surface area contributed by atoms with Crippen LogP contribution in [0, 0.1) is 23.7 Å². The molecular weight excluding hydrogens is 300 g/mol. The van der Waals surface area contributed by atoms with Crippen molar-refractivity contribution >= 4 is 5.97 Å². The van der Waals surface area contributed by atoms with E-state index in [2.05, 4.69) is 6.92 Å². The van der Waals surface area contributed by atoms with E-state index in [1.807, 2.05) is 13.8 Å². The second kappa shape index (κ2) is 5.99. The summed E-state index contributed by atoms with van der Waals surface area (Å²) in [5.41, 5.74) is -0.768. The second-order valence-corrected chi connectivity index (χ2v) is 7.46. The molecule has 0 N–H and O–H groups in total. The summed E-state index contributed by atoms with van der Waals surface area (Å²) in [5, 5.41) is 0. The Kier molecular flexibility index (Phi) is 4.46. The average molecular weight is 328 g/mol. The molecule has 1 spiro atoms. The summed E-state index contributed by atoms with van der Waals surface area (Å²) in [6.45, 7) is 6.02. The molecule has 3 saturated heterocycles. The number of hydrogen-bond acceptors (Lipinski definition) is 6. The van der Waals surface area contributed by atoms with E-state index in [-0.39, 0.29) is 23.7 Å². The van der Waals surface area contributed by atoms with Gasteiger partial charge in [-0.25, -0.2) is 9.78 Å². The Hall–Kier alpha value is -0.690. The Balaban J connectivity index is 2.04. The lowest BCUT2D eigenvalue weighted by Crippen LogP contribution is -2.66. The summed E-state index contributed by atoms with van der Waals surface area (Å²) < 4.78 is 16.8. The van der Waals surface area contributed by atoms with Crippen molar-refractivity contribution in [2.75, 3.05) is 14.2 Å². The molecule has 6 nitrogen and oxygen atoms in total. The van der Waals surface area contributed by atoms with E-state index < -0.39 is 17.7 Å². The van der Waals surface area contributed by atoms with Crippen LogP contribution in [0.1, 0.15) is 46.5 Å². The predicted octanol–water partition coefficient (Wildman–Crippen LogP) is 2.66. The maximum Gasteiger partial charge on any atom is 0.308 e. The fraction of sp³-hybridized carbons (Fsp3) is 0.941. The van der Waals surface area contributed by atoms with E-state index in [9.17, 15) is 4.79 Å². The molecule has 0 aromatic carbocycles. The zero-order valence-corrected chi connectivity index (χ0v) is 14.7. The molecular formula is C17H28O6. The molecule has 0 radical (unpaired) electrons. The molecule has 0 amide bonds. The Morgan fingerprint density at radius 2 is 1.96 bits per heavy atom. The maximum absolute atomic E-state index is 12.2. The van der Waals surface area contributed by atoms with Crippen molar-refractivity contribution in [2.45, 2.75) is 64.1 Å². The first kappa shape index (κ1) is 17.1. The van der Waals surface area contributed by atoms with Crippen LogP contribution in [0.2, 0.25) is 0 Å². The number of carbonyl (C=O) groups excluding carboxylic acids is 1. The average Bonchev–Trinajstić information content (AvgIpc) is 2.78. The number of carbonyl (C=O) groups is 1. The van der Waals surface area contributed by atoms with Crippen molar-refractivity contribution in [3.8, 4) is 0 Å². The van der Waals surface area contributed by atoms with Gasteiger partial charge >= 0.3 is 5.97 Å². The molecule has 132 valence electrons. The minimum atomic E-state index is -0.790. The normalized spacial score (nSPS) is 47.5. The van der Waals surface area contributed by atoms with Gasteiger partial charge in [-0.3, -0.25) is 4.79 Å². The summed E-state index contributed by atoms with van der Waals surface area (Å²) in [7, 11) is 3.05. The van der Waals surface area contributed by atoms with E-state index in [0.29, 0.717) is 5.92 Å². The monoisotopic (exact) mass is 328 g/mol. The van der Waals surface area contributed by atoms with Gasteiger partial charge in [-0.05, 0) is 38.0 Å². The molecule has 6 heteroatoms. The molecule has 7 atom stereocenters. The molecule has 4 aliphatic rings. The maximum atomic E-state index is 12.2. The van der Waals surface area contributed by atoms with E-state index in [1.165, 1.54) is 7.11 Å².